The second-order valence-electron chi connectivity index (χ2n) is 8.35. The largest absolute Gasteiger partial charge is 0.451 e. The fraction of sp³-hybridized carbons (Fsp3) is 0.500. The Morgan fingerprint density at radius 1 is 0.909 bits per heavy atom. The molecule has 1 aromatic heterocycles. The fourth-order valence-electron chi connectivity index (χ4n) is 3.36. The van der Waals surface area contributed by atoms with Gasteiger partial charge in [-0.15, -0.1) is 0 Å². The number of benzene rings is 1. The summed E-state index contributed by atoms with van der Waals surface area (Å²) in [7, 11) is 3.75. The summed E-state index contributed by atoms with van der Waals surface area (Å²) in [5.74, 6) is 0.632. The Hall–Kier alpha value is -2.93. The van der Waals surface area contributed by atoms with Crippen LogP contribution in [-0.4, -0.2) is 38.7 Å². The summed E-state index contributed by atoms with van der Waals surface area (Å²) in [6, 6.07) is 10.9. The van der Waals surface area contributed by atoms with E-state index in [-0.39, 0.29) is 24.1 Å². The molecule has 7 heteroatoms. The van der Waals surface area contributed by atoms with Crippen LogP contribution >= 0.6 is 0 Å². The molecule has 2 amide bonds. The van der Waals surface area contributed by atoms with Gasteiger partial charge in [-0.2, -0.15) is 0 Å². The van der Waals surface area contributed by atoms with Crippen LogP contribution in [0.25, 0.3) is 11.3 Å². The predicted octanol–water partition coefficient (Wildman–Crippen LogP) is 4.08. The first-order chi connectivity index (χ1) is 16.1. The molecule has 0 aliphatic heterocycles. The molecule has 3 N–H and O–H groups in total. The summed E-state index contributed by atoms with van der Waals surface area (Å²) < 4.78 is 5.51. The Balaban J connectivity index is 0.000000360. The van der Waals surface area contributed by atoms with Crippen molar-refractivity contribution in [2.24, 2.45) is 5.92 Å². The first-order valence-corrected chi connectivity index (χ1v) is 11.9. The lowest BCUT2D eigenvalue weighted by Gasteiger charge is -2.05. The molecular formula is C26H37N3O4. The maximum Gasteiger partial charge on any atom is 0.287 e. The van der Waals surface area contributed by atoms with E-state index in [2.05, 4.69) is 16.0 Å². The third-order valence-electron chi connectivity index (χ3n) is 5.33. The van der Waals surface area contributed by atoms with Crippen LogP contribution < -0.4 is 16.0 Å². The molecule has 0 bridgehead atoms. The second-order valence-corrected chi connectivity index (χ2v) is 8.35. The van der Waals surface area contributed by atoms with Gasteiger partial charge >= 0.3 is 0 Å². The number of carbonyl (C=O) groups is 3. The maximum absolute atomic E-state index is 11.7. The van der Waals surface area contributed by atoms with Gasteiger partial charge in [-0.3, -0.25) is 9.59 Å². The minimum atomic E-state index is -0.423. The van der Waals surface area contributed by atoms with E-state index in [1.54, 1.807) is 12.1 Å². The van der Waals surface area contributed by atoms with Crippen molar-refractivity contribution < 1.29 is 18.8 Å². The lowest BCUT2D eigenvalue weighted by atomic mass is 10.0. The van der Waals surface area contributed by atoms with Crippen molar-refractivity contribution in [1.29, 1.82) is 0 Å². The highest BCUT2D eigenvalue weighted by Gasteiger charge is 2.29. The Morgan fingerprint density at radius 3 is 2.00 bits per heavy atom. The van der Waals surface area contributed by atoms with Crippen molar-refractivity contribution in [3.8, 4) is 11.3 Å². The van der Waals surface area contributed by atoms with Crippen LogP contribution in [0.5, 0.6) is 0 Å². The number of furan rings is 1. The van der Waals surface area contributed by atoms with Crippen LogP contribution in [0.4, 0.5) is 0 Å². The minimum absolute atomic E-state index is 0.0455. The summed E-state index contributed by atoms with van der Waals surface area (Å²) >= 11 is 0. The highest BCUT2D eigenvalue weighted by molar-refractivity contribution is 5.93. The Kier molecular flexibility index (Phi) is 12.0. The van der Waals surface area contributed by atoms with Crippen LogP contribution in [0.2, 0.25) is 0 Å². The van der Waals surface area contributed by atoms with Crippen LogP contribution in [0.15, 0.2) is 40.8 Å². The van der Waals surface area contributed by atoms with E-state index in [0.717, 1.165) is 24.0 Å². The molecule has 0 radical (unpaired) electrons. The van der Waals surface area contributed by atoms with Gasteiger partial charge in [-0.05, 0) is 44.6 Å². The molecule has 7 nitrogen and oxygen atoms in total. The van der Waals surface area contributed by atoms with Crippen molar-refractivity contribution in [3.05, 3.63) is 47.7 Å². The average molecular weight is 456 g/mol. The highest BCUT2D eigenvalue weighted by atomic mass is 16.3. The average Bonchev–Trinajstić information content (AvgIpc) is 3.60. The summed E-state index contributed by atoms with van der Waals surface area (Å²) in [4.78, 5) is 33.6. The Morgan fingerprint density at radius 2 is 1.48 bits per heavy atom. The van der Waals surface area contributed by atoms with E-state index < -0.39 is 5.91 Å². The van der Waals surface area contributed by atoms with Crippen LogP contribution in [0.3, 0.4) is 0 Å². The number of amides is 2. The van der Waals surface area contributed by atoms with E-state index in [9.17, 15) is 14.4 Å². The Bertz CT molecular complexity index is 841. The number of carbonyl (C=O) groups excluding carboxylic acids is 3. The number of hydrogen-bond acceptors (Lipinski definition) is 5. The van der Waals surface area contributed by atoms with Gasteiger partial charge in [0.1, 0.15) is 12.0 Å². The van der Waals surface area contributed by atoms with Crippen LogP contribution in [0, 0.1) is 5.92 Å². The van der Waals surface area contributed by atoms with E-state index in [0.29, 0.717) is 18.6 Å². The van der Waals surface area contributed by atoms with Crippen LogP contribution in [0.1, 0.15) is 67.5 Å². The summed E-state index contributed by atoms with van der Waals surface area (Å²) in [5, 5.41) is 8.09. The maximum atomic E-state index is 11.7. The first kappa shape index (κ1) is 26.3. The zero-order valence-corrected chi connectivity index (χ0v) is 19.8. The normalized spacial score (nSPS) is 14.6. The molecule has 4 rings (SSSR count). The third kappa shape index (κ3) is 10.0. The van der Waals surface area contributed by atoms with Crippen molar-refractivity contribution >= 4 is 18.1 Å². The van der Waals surface area contributed by atoms with Crippen molar-refractivity contribution in [2.75, 3.05) is 20.6 Å². The van der Waals surface area contributed by atoms with E-state index in [1.807, 2.05) is 38.4 Å². The molecular weight excluding hydrogens is 418 g/mol. The molecule has 0 spiro atoms. The lowest BCUT2D eigenvalue weighted by molar-refractivity contribution is -0.122. The summed E-state index contributed by atoms with van der Waals surface area (Å²) in [6.45, 7) is 0.462. The molecule has 2 aliphatic carbocycles. The van der Waals surface area contributed by atoms with Gasteiger partial charge in [-0.25, -0.2) is 0 Å². The predicted molar refractivity (Wildman–Crippen MR) is 130 cm³/mol. The molecule has 180 valence electrons. The third-order valence-corrected chi connectivity index (χ3v) is 5.33. The van der Waals surface area contributed by atoms with Gasteiger partial charge in [0, 0.05) is 18.0 Å². The van der Waals surface area contributed by atoms with Crippen molar-refractivity contribution in [2.45, 2.75) is 57.9 Å². The lowest BCUT2D eigenvalue weighted by Crippen LogP contribution is -2.24. The van der Waals surface area contributed by atoms with Gasteiger partial charge < -0.3 is 25.2 Å². The quantitative estimate of drug-likeness (QED) is 0.546. The monoisotopic (exact) mass is 455 g/mol. The molecule has 0 unspecified atom stereocenters. The number of nitrogens with one attached hydrogen (secondary N) is 3. The van der Waals surface area contributed by atoms with Crippen molar-refractivity contribution in [3.63, 3.8) is 0 Å². The number of rotatable bonds is 7. The second kappa shape index (κ2) is 15.0. The number of aldehydes is 1. The molecule has 2 aliphatic rings. The van der Waals surface area contributed by atoms with Gasteiger partial charge in [0.25, 0.3) is 5.91 Å². The molecule has 2 saturated carbocycles. The van der Waals surface area contributed by atoms with Gasteiger partial charge in [0.2, 0.25) is 5.91 Å². The molecule has 1 aromatic carbocycles. The minimum Gasteiger partial charge on any atom is -0.451 e. The molecule has 0 saturated heterocycles. The Labute approximate surface area is 196 Å². The summed E-state index contributed by atoms with van der Waals surface area (Å²) in [6.07, 6.45) is 11.6. The van der Waals surface area contributed by atoms with Gasteiger partial charge in [-0.1, -0.05) is 62.8 Å². The molecule has 0 atom stereocenters. The molecule has 2 fully saturated rings. The SMILES string of the molecule is C1CCCCC1.CNC.O=CCNC(=O)c1ccc(-c2ccc(CNC(=O)C3CC3)cc2)o1. The van der Waals surface area contributed by atoms with Gasteiger partial charge in [0.05, 0.1) is 6.54 Å². The number of hydrogen-bond donors (Lipinski definition) is 3. The highest BCUT2D eigenvalue weighted by Crippen LogP contribution is 2.29. The standard InChI is InChI=1S/C18H18N2O4.C6H12.C2H7N/c21-10-9-19-18(23)16-8-7-15(24-16)13-3-1-12(2-4-13)11-20-17(22)14-5-6-14;1-2-4-6-5-3-1;1-3-2/h1-4,7-8,10,14H,5-6,9,11H2,(H,19,23)(H,20,22);1-6H2;3H,1-2H3. The van der Waals surface area contributed by atoms with Crippen LogP contribution in [-0.2, 0) is 16.1 Å². The summed E-state index contributed by atoms with van der Waals surface area (Å²) in [5.41, 5.74) is 1.84. The smallest absolute Gasteiger partial charge is 0.287 e. The van der Waals surface area contributed by atoms with Gasteiger partial charge in [0.15, 0.2) is 5.76 Å². The molecule has 1 heterocycles. The first-order valence-electron chi connectivity index (χ1n) is 11.9. The molecule has 33 heavy (non-hydrogen) atoms. The fourth-order valence-corrected chi connectivity index (χ4v) is 3.36. The van der Waals surface area contributed by atoms with Crippen molar-refractivity contribution in [1.82, 2.24) is 16.0 Å². The molecule has 2 aromatic rings. The zero-order valence-electron chi connectivity index (χ0n) is 19.8. The topological polar surface area (TPSA) is 100 Å². The van der Waals surface area contributed by atoms with E-state index >= 15 is 0 Å². The van der Waals surface area contributed by atoms with E-state index in [4.69, 9.17) is 4.42 Å². The van der Waals surface area contributed by atoms with E-state index in [1.165, 1.54) is 38.5 Å². The zero-order chi connectivity index (χ0) is 23.9.